The van der Waals surface area contributed by atoms with Crippen LogP contribution in [-0.2, 0) is 4.79 Å². The summed E-state index contributed by atoms with van der Waals surface area (Å²) in [6, 6.07) is -0.905. The highest BCUT2D eigenvalue weighted by Crippen LogP contribution is 2.36. The quantitative estimate of drug-likeness (QED) is 0.771. The van der Waals surface area contributed by atoms with Crippen molar-refractivity contribution in [1.29, 1.82) is 0 Å². The molecule has 0 aromatic rings. The fraction of sp³-hybridized carbons (Fsp3) is 0.800. The summed E-state index contributed by atoms with van der Waals surface area (Å²) in [6.07, 6.45) is 1.16. The summed E-state index contributed by atoms with van der Waals surface area (Å²) in [5.41, 5.74) is 0. The number of hydrogen-bond donors (Lipinski definition) is 2. The summed E-state index contributed by atoms with van der Waals surface area (Å²) in [7, 11) is 0. The predicted octanol–water partition coefficient (Wildman–Crippen LogP) is 0.812. The van der Waals surface area contributed by atoms with Crippen LogP contribution in [0.15, 0.2) is 0 Å². The molecule has 1 aliphatic carbocycles. The Morgan fingerprint density at radius 2 is 2.25 bits per heavy atom. The van der Waals surface area contributed by atoms with E-state index in [1.807, 2.05) is 0 Å². The molecule has 2 N–H and O–H groups in total. The average Bonchev–Trinajstić information content (AvgIpc) is 2.78. The van der Waals surface area contributed by atoms with E-state index in [1.165, 1.54) is 16.7 Å². The van der Waals surface area contributed by atoms with E-state index in [-0.39, 0.29) is 6.03 Å². The summed E-state index contributed by atoms with van der Waals surface area (Å²) in [4.78, 5) is 24.0. The number of nitrogens with zero attached hydrogens (tertiary/aromatic N) is 1. The summed E-state index contributed by atoms with van der Waals surface area (Å²) >= 11 is 1.48. The Kier molecular flexibility index (Phi) is 3.28. The number of carboxylic acid groups (broad SMARTS) is 1. The Balaban J connectivity index is 1.81. The minimum atomic E-state index is -0.917. The number of carboxylic acids is 1. The molecule has 3 unspecified atom stereocenters. The van der Waals surface area contributed by atoms with Crippen LogP contribution in [0.2, 0.25) is 0 Å². The lowest BCUT2D eigenvalue weighted by Gasteiger charge is -2.20. The molecule has 1 saturated heterocycles. The maximum absolute atomic E-state index is 11.7. The van der Waals surface area contributed by atoms with Gasteiger partial charge >= 0.3 is 12.0 Å². The third-order valence-electron chi connectivity index (χ3n) is 3.22. The van der Waals surface area contributed by atoms with Crippen molar-refractivity contribution >= 4 is 23.8 Å². The van der Waals surface area contributed by atoms with Crippen molar-refractivity contribution in [3.63, 3.8) is 0 Å². The molecule has 5 nitrogen and oxygen atoms in total. The van der Waals surface area contributed by atoms with Gasteiger partial charge < -0.3 is 15.3 Å². The molecule has 2 fully saturated rings. The number of thioether (sulfide) groups is 1. The lowest BCUT2D eigenvalue weighted by atomic mass is 10.3. The fourth-order valence-corrected chi connectivity index (χ4v) is 3.00. The van der Waals surface area contributed by atoms with E-state index in [9.17, 15) is 9.59 Å². The minimum Gasteiger partial charge on any atom is -0.480 e. The highest BCUT2D eigenvalue weighted by Gasteiger charge is 2.36. The van der Waals surface area contributed by atoms with Gasteiger partial charge in [-0.3, -0.25) is 0 Å². The zero-order valence-electron chi connectivity index (χ0n) is 9.18. The van der Waals surface area contributed by atoms with E-state index in [4.69, 9.17) is 5.11 Å². The van der Waals surface area contributed by atoms with Crippen molar-refractivity contribution in [3.8, 4) is 0 Å². The van der Waals surface area contributed by atoms with Crippen LogP contribution in [0.5, 0.6) is 0 Å². The smallest absolute Gasteiger partial charge is 0.327 e. The van der Waals surface area contributed by atoms with Crippen molar-refractivity contribution in [2.75, 3.05) is 18.2 Å². The van der Waals surface area contributed by atoms with Crippen LogP contribution in [0.4, 0.5) is 4.79 Å². The van der Waals surface area contributed by atoms with Crippen LogP contribution in [0.1, 0.15) is 13.3 Å². The van der Waals surface area contributed by atoms with Gasteiger partial charge in [0.2, 0.25) is 0 Å². The molecule has 2 aliphatic rings. The number of carbonyl (C=O) groups excluding carboxylic acids is 1. The third kappa shape index (κ3) is 2.42. The molecular weight excluding hydrogens is 228 g/mol. The first-order chi connectivity index (χ1) is 7.59. The van der Waals surface area contributed by atoms with E-state index in [0.29, 0.717) is 30.0 Å². The second-order valence-electron chi connectivity index (χ2n) is 4.48. The predicted molar refractivity (Wildman–Crippen MR) is 61.3 cm³/mol. The molecule has 90 valence electrons. The van der Waals surface area contributed by atoms with Gasteiger partial charge in [-0.15, -0.1) is 11.8 Å². The summed E-state index contributed by atoms with van der Waals surface area (Å²) in [5, 5.41) is 11.7. The monoisotopic (exact) mass is 244 g/mol. The highest BCUT2D eigenvalue weighted by molar-refractivity contribution is 7.99. The Morgan fingerprint density at radius 3 is 2.81 bits per heavy atom. The zero-order valence-corrected chi connectivity index (χ0v) is 10.00. The molecule has 0 radical (unpaired) electrons. The lowest BCUT2D eigenvalue weighted by Crippen LogP contribution is -2.47. The van der Waals surface area contributed by atoms with Crippen LogP contribution in [0, 0.1) is 11.8 Å². The highest BCUT2D eigenvalue weighted by atomic mass is 32.2. The summed E-state index contributed by atoms with van der Waals surface area (Å²) in [5.74, 6) is 1.33. The maximum Gasteiger partial charge on any atom is 0.327 e. The molecule has 0 aromatic carbocycles. The summed E-state index contributed by atoms with van der Waals surface area (Å²) < 4.78 is 0. The van der Waals surface area contributed by atoms with E-state index < -0.39 is 12.0 Å². The number of hydrogen-bond acceptors (Lipinski definition) is 3. The van der Waals surface area contributed by atoms with Gasteiger partial charge in [0, 0.05) is 12.3 Å². The molecule has 1 aliphatic heterocycles. The number of rotatable bonds is 3. The van der Waals surface area contributed by atoms with Gasteiger partial charge in [0.25, 0.3) is 0 Å². The van der Waals surface area contributed by atoms with Crippen LogP contribution in [0.25, 0.3) is 0 Å². The standard InChI is InChI=1S/C10H16N2O3S/c1-6-2-7(6)3-11-10(15)12-5-16-4-8(12)9(13)14/h6-8H,2-5H2,1H3,(H,11,15)(H,13,14). The van der Waals surface area contributed by atoms with Gasteiger partial charge in [-0.1, -0.05) is 6.92 Å². The molecule has 2 amide bonds. The van der Waals surface area contributed by atoms with Crippen LogP contribution in [-0.4, -0.2) is 46.2 Å². The molecule has 1 saturated carbocycles. The molecule has 3 atom stereocenters. The number of carbonyl (C=O) groups is 2. The Morgan fingerprint density at radius 1 is 1.56 bits per heavy atom. The number of aliphatic carboxylic acids is 1. The van der Waals surface area contributed by atoms with Crippen LogP contribution < -0.4 is 5.32 Å². The molecule has 0 aromatic heterocycles. The molecular formula is C10H16N2O3S. The number of urea groups is 1. The van der Waals surface area contributed by atoms with Crippen molar-refractivity contribution in [2.45, 2.75) is 19.4 Å². The molecule has 2 rings (SSSR count). The topological polar surface area (TPSA) is 69.6 Å². The van der Waals surface area contributed by atoms with Crippen LogP contribution in [0.3, 0.4) is 0 Å². The Hall–Kier alpha value is -0.910. The van der Waals surface area contributed by atoms with Crippen molar-refractivity contribution in [3.05, 3.63) is 0 Å². The Bertz CT molecular complexity index is 310. The molecule has 0 bridgehead atoms. The first kappa shape index (κ1) is 11.6. The van der Waals surface area contributed by atoms with Crippen LogP contribution >= 0.6 is 11.8 Å². The molecule has 0 spiro atoms. The molecule has 16 heavy (non-hydrogen) atoms. The van der Waals surface area contributed by atoms with Gasteiger partial charge in [0.05, 0.1) is 5.88 Å². The molecule has 6 heteroatoms. The number of amides is 2. The molecule has 1 heterocycles. The average molecular weight is 244 g/mol. The minimum absolute atomic E-state index is 0.239. The summed E-state index contributed by atoms with van der Waals surface area (Å²) in [6.45, 7) is 2.83. The normalized spacial score (nSPS) is 32.6. The van der Waals surface area contributed by atoms with Gasteiger partial charge in [-0.05, 0) is 18.3 Å². The van der Waals surface area contributed by atoms with E-state index in [2.05, 4.69) is 12.2 Å². The van der Waals surface area contributed by atoms with E-state index >= 15 is 0 Å². The van der Waals surface area contributed by atoms with Gasteiger partial charge in [-0.25, -0.2) is 9.59 Å². The van der Waals surface area contributed by atoms with Crippen molar-refractivity contribution in [2.24, 2.45) is 11.8 Å². The second-order valence-corrected chi connectivity index (χ2v) is 5.48. The second kappa shape index (κ2) is 4.53. The lowest BCUT2D eigenvalue weighted by molar-refractivity contribution is -0.140. The van der Waals surface area contributed by atoms with Gasteiger partial charge in [0.1, 0.15) is 6.04 Å². The first-order valence-electron chi connectivity index (χ1n) is 5.44. The first-order valence-corrected chi connectivity index (χ1v) is 6.60. The number of nitrogens with one attached hydrogen (secondary N) is 1. The fourth-order valence-electron chi connectivity index (χ4n) is 1.85. The van der Waals surface area contributed by atoms with Gasteiger partial charge in [-0.2, -0.15) is 0 Å². The van der Waals surface area contributed by atoms with Gasteiger partial charge in [0.15, 0.2) is 0 Å². The van der Waals surface area contributed by atoms with Crippen molar-refractivity contribution < 1.29 is 14.7 Å². The maximum atomic E-state index is 11.7. The van der Waals surface area contributed by atoms with E-state index in [1.54, 1.807) is 0 Å². The van der Waals surface area contributed by atoms with E-state index in [0.717, 1.165) is 6.42 Å². The SMILES string of the molecule is CC1CC1CNC(=O)N1CSCC1C(=O)O. The Labute approximate surface area is 98.6 Å². The zero-order chi connectivity index (χ0) is 11.7. The van der Waals surface area contributed by atoms with Crippen molar-refractivity contribution in [1.82, 2.24) is 10.2 Å². The third-order valence-corrected chi connectivity index (χ3v) is 4.23. The largest absolute Gasteiger partial charge is 0.480 e.